The van der Waals surface area contributed by atoms with Crippen molar-refractivity contribution in [2.75, 3.05) is 13.2 Å². The summed E-state index contributed by atoms with van der Waals surface area (Å²) < 4.78 is 16.9. The largest absolute Gasteiger partial charge is 0.462 e. The molecule has 6 nitrogen and oxygen atoms in total. The quantitative estimate of drug-likeness (QED) is 0.0261. The molecular weight excluding hydrogens is 1010 g/mol. The highest BCUT2D eigenvalue weighted by Gasteiger charge is 2.19. The van der Waals surface area contributed by atoms with Gasteiger partial charge >= 0.3 is 17.9 Å². The molecule has 1 unspecified atom stereocenters. The molecule has 0 aromatic heterocycles. The van der Waals surface area contributed by atoms with Crippen LogP contribution in [0.3, 0.4) is 0 Å². The third-order valence-electron chi connectivity index (χ3n) is 14.4. The lowest BCUT2D eigenvalue weighted by atomic mass is 10.0. The van der Waals surface area contributed by atoms with E-state index in [4.69, 9.17) is 14.2 Å². The topological polar surface area (TPSA) is 78.9 Å². The number of ether oxygens (including phenoxy) is 3. The van der Waals surface area contributed by atoms with E-state index in [-0.39, 0.29) is 31.1 Å². The maximum Gasteiger partial charge on any atom is 0.306 e. The van der Waals surface area contributed by atoms with Crippen LogP contribution in [0.5, 0.6) is 0 Å². The van der Waals surface area contributed by atoms with Gasteiger partial charge in [0, 0.05) is 19.3 Å². The van der Waals surface area contributed by atoms with Crippen molar-refractivity contribution in [2.24, 2.45) is 0 Å². The van der Waals surface area contributed by atoms with Gasteiger partial charge in [0.1, 0.15) is 13.2 Å². The Labute approximate surface area is 506 Å². The molecule has 6 heteroatoms. The normalized spacial score (nSPS) is 13.0. The summed E-state index contributed by atoms with van der Waals surface area (Å²) in [6.45, 7) is 6.41. The van der Waals surface area contributed by atoms with E-state index >= 15 is 0 Å². The second-order valence-corrected chi connectivity index (χ2v) is 22.3. The average Bonchev–Trinajstić information content (AvgIpc) is 3.47. The van der Waals surface area contributed by atoms with Crippen LogP contribution in [-0.4, -0.2) is 37.2 Å². The Morgan fingerprint density at radius 1 is 0.256 bits per heavy atom. The van der Waals surface area contributed by atoms with Crippen LogP contribution in [0, 0.1) is 0 Å². The van der Waals surface area contributed by atoms with Crippen LogP contribution < -0.4 is 0 Å². The van der Waals surface area contributed by atoms with Gasteiger partial charge in [-0.3, -0.25) is 14.4 Å². The lowest BCUT2D eigenvalue weighted by Crippen LogP contribution is -2.30. The summed E-state index contributed by atoms with van der Waals surface area (Å²) in [5.74, 6) is -0.913. The highest BCUT2D eigenvalue weighted by molar-refractivity contribution is 5.71. The van der Waals surface area contributed by atoms with Crippen molar-refractivity contribution in [3.05, 3.63) is 134 Å². The van der Waals surface area contributed by atoms with Gasteiger partial charge < -0.3 is 14.2 Å². The average molecular weight is 1140 g/mol. The van der Waals surface area contributed by atoms with Gasteiger partial charge in [0.2, 0.25) is 0 Å². The first kappa shape index (κ1) is 77.5. The molecule has 0 aliphatic carbocycles. The molecule has 1 atom stereocenters. The van der Waals surface area contributed by atoms with Crippen LogP contribution in [0.4, 0.5) is 0 Å². The maximum atomic E-state index is 12.9. The zero-order valence-electron chi connectivity index (χ0n) is 53.5. The molecule has 0 heterocycles. The molecule has 0 aromatic carbocycles. The number of hydrogen-bond donors (Lipinski definition) is 0. The standard InChI is InChI=1S/C76H126O6/c1-4-7-10-13-16-19-22-25-28-30-32-33-34-35-36-37-38-39-40-41-42-43-44-46-48-51-54-57-60-63-66-69-75(78)81-72-73(71-80-74(77)68-65-62-59-56-53-50-47-27-24-21-18-15-12-9-6-3)82-76(79)70-67-64-61-58-55-52-49-45-31-29-26-23-20-17-14-11-8-5-2/h7,9-10,12,16,18-19,21,25,27-28,32-33,35-36,38-39,41-42,44,46-47,73H,4-6,8,11,13-15,17,20,22-24,26,29-31,34,37,40,43,45,48-72H2,1-3H3/b10-7-,12-9-,19-16-,21-18-,28-25-,33-32-,36-35-,39-38-,42-41-,46-44-,47-27-. The minimum atomic E-state index is -0.796. The third-order valence-corrected chi connectivity index (χ3v) is 14.4. The van der Waals surface area contributed by atoms with Crippen LogP contribution in [0.25, 0.3) is 0 Å². The Morgan fingerprint density at radius 3 is 0.744 bits per heavy atom. The van der Waals surface area contributed by atoms with Crippen molar-refractivity contribution in [2.45, 2.75) is 316 Å². The second-order valence-electron chi connectivity index (χ2n) is 22.3. The molecule has 0 radical (unpaired) electrons. The fourth-order valence-electron chi connectivity index (χ4n) is 9.36. The van der Waals surface area contributed by atoms with E-state index in [2.05, 4.69) is 154 Å². The fourth-order valence-corrected chi connectivity index (χ4v) is 9.36. The summed E-state index contributed by atoms with van der Waals surface area (Å²) >= 11 is 0. The Bertz CT molecular complexity index is 1730. The summed E-state index contributed by atoms with van der Waals surface area (Å²) in [5.41, 5.74) is 0. The SMILES string of the molecule is CC/C=C\C/C=C\C/C=C\C/C=C\C/C=C\C/C=C\C/C=C\C/C=C\CCCCCCCCC(=O)OCC(COC(=O)CCCCCCC/C=C\C/C=C\C/C=C\CC)OC(=O)CCCCCCCCCCCCCCCCCCCC. The molecule has 466 valence electrons. The number of unbranched alkanes of at least 4 members (excludes halogenated alkanes) is 28. The van der Waals surface area contributed by atoms with Crippen molar-refractivity contribution in [1.29, 1.82) is 0 Å². The van der Waals surface area contributed by atoms with E-state index in [9.17, 15) is 14.4 Å². The van der Waals surface area contributed by atoms with Crippen LogP contribution in [0.2, 0.25) is 0 Å². The Balaban J connectivity index is 4.36. The lowest BCUT2D eigenvalue weighted by Gasteiger charge is -2.18. The number of hydrogen-bond acceptors (Lipinski definition) is 6. The number of esters is 3. The summed E-state index contributed by atoms with van der Waals surface area (Å²) in [4.78, 5) is 38.4. The molecule has 0 saturated carbocycles. The Morgan fingerprint density at radius 2 is 0.476 bits per heavy atom. The number of carbonyl (C=O) groups is 3. The van der Waals surface area contributed by atoms with Gasteiger partial charge in [-0.25, -0.2) is 0 Å². The molecule has 0 aliphatic rings. The second kappa shape index (κ2) is 69.0. The Kier molecular flexibility index (Phi) is 65.3. The zero-order chi connectivity index (χ0) is 59.2. The van der Waals surface area contributed by atoms with E-state index in [0.717, 1.165) is 161 Å². The number of carbonyl (C=O) groups excluding carboxylic acids is 3. The zero-order valence-corrected chi connectivity index (χ0v) is 53.5. The summed E-state index contributed by atoms with van der Waals surface area (Å²) in [7, 11) is 0. The molecule has 82 heavy (non-hydrogen) atoms. The molecule has 0 aromatic rings. The fraction of sp³-hybridized carbons (Fsp3) is 0.671. The maximum absolute atomic E-state index is 12.9. The number of rotatable bonds is 61. The molecule has 0 aliphatic heterocycles. The van der Waals surface area contributed by atoms with E-state index in [0.29, 0.717) is 19.3 Å². The lowest BCUT2D eigenvalue weighted by molar-refractivity contribution is -0.167. The smallest absolute Gasteiger partial charge is 0.306 e. The molecule has 0 rings (SSSR count). The first-order valence-electron chi connectivity index (χ1n) is 34.2. The predicted molar refractivity (Wildman–Crippen MR) is 357 cm³/mol. The first-order chi connectivity index (χ1) is 40.5. The third kappa shape index (κ3) is 66.4. The van der Waals surface area contributed by atoms with Crippen LogP contribution in [-0.2, 0) is 28.6 Å². The molecular formula is C76H126O6. The van der Waals surface area contributed by atoms with Gasteiger partial charge in [-0.1, -0.05) is 309 Å². The van der Waals surface area contributed by atoms with Gasteiger partial charge in [0.25, 0.3) is 0 Å². The van der Waals surface area contributed by atoms with Gasteiger partial charge in [-0.2, -0.15) is 0 Å². The molecule has 0 saturated heterocycles. The minimum absolute atomic E-state index is 0.0924. The minimum Gasteiger partial charge on any atom is -0.462 e. The molecule has 0 amide bonds. The van der Waals surface area contributed by atoms with E-state index in [1.165, 1.54) is 109 Å². The van der Waals surface area contributed by atoms with Crippen molar-refractivity contribution in [3.63, 3.8) is 0 Å². The summed E-state index contributed by atoms with van der Waals surface area (Å²) in [5, 5.41) is 0. The first-order valence-corrected chi connectivity index (χ1v) is 34.2. The van der Waals surface area contributed by atoms with Crippen molar-refractivity contribution in [1.82, 2.24) is 0 Å². The summed E-state index contributed by atoms with van der Waals surface area (Å²) in [6.07, 6.45) is 97.5. The van der Waals surface area contributed by atoms with Crippen LogP contribution in [0.1, 0.15) is 310 Å². The predicted octanol–water partition coefficient (Wildman–Crippen LogP) is 23.7. The van der Waals surface area contributed by atoms with Crippen molar-refractivity contribution >= 4 is 17.9 Å². The van der Waals surface area contributed by atoms with Gasteiger partial charge in [0.05, 0.1) is 0 Å². The van der Waals surface area contributed by atoms with E-state index < -0.39 is 6.10 Å². The van der Waals surface area contributed by atoms with Crippen molar-refractivity contribution < 1.29 is 28.6 Å². The van der Waals surface area contributed by atoms with Crippen LogP contribution >= 0.6 is 0 Å². The van der Waals surface area contributed by atoms with Crippen molar-refractivity contribution in [3.8, 4) is 0 Å². The monoisotopic (exact) mass is 1130 g/mol. The molecule has 0 bridgehead atoms. The summed E-state index contributed by atoms with van der Waals surface area (Å²) in [6, 6.07) is 0. The molecule has 0 spiro atoms. The Hall–Kier alpha value is -4.45. The van der Waals surface area contributed by atoms with Gasteiger partial charge in [0.15, 0.2) is 6.10 Å². The van der Waals surface area contributed by atoms with Gasteiger partial charge in [-0.15, -0.1) is 0 Å². The van der Waals surface area contributed by atoms with Gasteiger partial charge in [-0.05, 0) is 116 Å². The molecule has 0 fully saturated rings. The van der Waals surface area contributed by atoms with E-state index in [1.54, 1.807) is 0 Å². The molecule has 0 N–H and O–H groups in total. The van der Waals surface area contributed by atoms with Crippen LogP contribution in [0.15, 0.2) is 134 Å². The highest BCUT2D eigenvalue weighted by Crippen LogP contribution is 2.16. The highest BCUT2D eigenvalue weighted by atomic mass is 16.6. The van der Waals surface area contributed by atoms with E-state index in [1.807, 2.05) is 0 Å². The number of allylic oxidation sites excluding steroid dienone is 22.